The highest BCUT2D eigenvalue weighted by Crippen LogP contribution is 2.38. The molecule has 23 heavy (non-hydrogen) atoms. The first-order chi connectivity index (χ1) is 10.8. The molecular formula is C16H22N2O5. The quantitative estimate of drug-likeness (QED) is 0.798. The van der Waals surface area contributed by atoms with E-state index in [1.165, 1.54) is 33.2 Å². The third-order valence-electron chi connectivity index (χ3n) is 2.95. The van der Waals surface area contributed by atoms with E-state index in [2.05, 4.69) is 5.32 Å². The first-order valence-corrected chi connectivity index (χ1v) is 6.85. The van der Waals surface area contributed by atoms with Gasteiger partial charge in [-0.3, -0.25) is 9.59 Å². The van der Waals surface area contributed by atoms with Crippen LogP contribution < -0.4 is 19.5 Å². The Labute approximate surface area is 135 Å². The van der Waals surface area contributed by atoms with Crippen molar-refractivity contribution in [1.82, 2.24) is 10.2 Å². The standard InChI is InChI=1S/C16H22N2O5/c1-10(19)17-12(16(20)18(2)3)7-11-8-13(21-4)15(23-6)14(9-11)22-5/h7-9H,1-6H3,(H,17,19)/b12-7-. The average Bonchev–Trinajstić information content (AvgIpc) is 2.51. The Kier molecular flexibility index (Phi) is 6.44. The second kappa shape index (κ2) is 8.07. The molecule has 0 aliphatic heterocycles. The van der Waals surface area contributed by atoms with Crippen LogP contribution in [0, 0.1) is 0 Å². The molecule has 1 aromatic carbocycles. The van der Waals surface area contributed by atoms with Crippen LogP contribution in [0.5, 0.6) is 17.2 Å². The minimum Gasteiger partial charge on any atom is -0.493 e. The normalized spacial score (nSPS) is 10.8. The van der Waals surface area contributed by atoms with Gasteiger partial charge < -0.3 is 24.4 Å². The van der Waals surface area contributed by atoms with Crippen molar-refractivity contribution < 1.29 is 23.8 Å². The summed E-state index contributed by atoms with van der Waals surface area (Å²) in [7, 11) is 7.73. The van der Waals surface area contributed by atoms with Gasteiger partial charge in [0.1, 0.15) is 5.70 Å². The predicted octanol–water partition coefficient (Wildman–Crippen LogP) is 1.28. The van der Waals surface area contributed by atoms with E-state index >= 15 is 0 Å². The summed E-state index contributed by atoms with van der Waals surface area (Å²) in [5, 5.41) is 2.53. The Bertz CT molecular complexity index is 598. The Hall–Kier alpha value is -2.70. The summed E-state index contributed by atoms with van der Waals surface area (Å²) in [5.41, 5.74) is 0.773. The fraction of sp³-hybridized carbons (Fsp3) is 0.375. The Morgan fingerprint density at radius 2 is 1.57 bits per heavy atom. The molecule has 1 aromatic rings. The Balaban J connectivity index is 3.40. The lowest BCUT2D eigenvalue weighted by molar-refractivity contribution is -0.127. The van der Waals surface area contributed by atoms with Crippen LogP contribution >= 0.6 is 0 Å². The lowest BCUT2D eigenvalue weighted by Gasteiger charge is -2.15. The van der Waals surface area contributed by atoms with E-state index < -0.39 is 0 Å². The monoisotopic (exact) mass is 322 g/mol. The number of amides is 2. The number of rotatable bonds is 6. The fourth-order valence-corrected chi connectivity index (χ4v) is 1.93. The minimum absolute atomic E-state index is 0.150. The molecule has 0 aliphatic rings. The van der Waals surface area contributed by atoms with Crippen molar-refractivity contribution in [3.63, 3.8) is 0 Å². The SMILES string of the molecule is COc1cc(/C=C(\NC(C)=O)C(=O)N(C)C)cc(OC)c1OC. The zero-order chi connectivity index (χ0) is 17.6. The number of likely N-dealkylation sites (N-methyl/N-ethyl adjacent to an activating group) is 1. The third-order valence-corrected chi connectivity index (χ3v) is 2.95. The number of ether oxygens (including phenoxy) is 3. The highest BCUT2D eigenvalue weighted by Gasteiger charge is 2.16. The Morgan fingerprint density at radius 3 is 1.91 bits per heavy atom. The van der Waals surface area contributed by atoms with Gasteiger partial charge in [-0.1, -0.05) is 0 Å². The van der Waals surface area contributed by atoms with Gasteiger partial charge in [0.05, 0.1) is 21.3 Å². The molecule has 2 amide bonds. The van der Waals surface area contributed by atoms with Crippen molar-refractivity contribution in [3.8, 4) is 17.2 Å². The second-order valence-electron chi connectivity index (χ2n) is 4.90. The predicted molar refractivity (Wildman–Crippen MR) is 86.6 cm³/mol. The molecule has 7 heteroatoms. The molecule has 0 saturated carbocycles. The maximum atomic E-state index is 12.2. The van der Waals surface area contributed by atoms with Gasteiger partial charge >= 0.3 is 0 Å². The van der Waals surface area contributed by atoms with E-state index in [-0.39, 0.29) is 17.5 Å². The Morgan fingerprint density at radius 1 is 1.04 bits per heavy atom. The number of nitrogens with one attached hydrogen (secondary N) is 1. The van der Waals surface area contributed by atoms with Gasteiger partial charge in [0.25, 0.3) is 5.91 Å². The molecule has 126 valence electrons. The number of carbonyl (C=O) groups excluding carboxylic acids is 2. The van der Waals surface area contributed by atoms with E-state index in [4.69, 9.17) is 14.2 Å². The number of hydrogen-bond acceptors (Lipinski definition) is 5. The summed E-state index contributed by atoms with van der Waals surface area (Å²) in [5.74, 6) is 0.704. The van der Waals surface area contributed by atoms with Crippen LogP contribution in [-0.2, 0) is 9.59 Å². The van der Waals surface area contributed by atoms with Crippen LogP contribution in [-0.4, -0.2) is 52.1 Å². The van der Waals surface area contributed by atoms with Gasteiger partial charge in [-0.05, 0) is 23.8 Å². The summed E-state index contributed by atoms with van der Waals surface area (Å²) in [6.07, 6.45) is 1.55. The smallest absolute Gasteiger partial charge is 0.269 e. The lowest BCUT2D eigenvalue weighted by Crippen LogP contribution is -2.33. The molecule has 0 unspecified atom stereocenters. The zero-order valence-corrected chi connectivity index (χ0v) is 14.2. The van der Waals surface area contributed by atoms with E-state index in [1.54, 1.807) is 32.3 Å². The number of hydrogen-bond donors (Lipinski definition) is 1. The van der Waals surface area contributed by atoms with Gasteiger partial charge in [-0.2, -0.15) is 0 Å². The third kappa shape index (κ3) is 4.64. The molecule has 0 heterocycles. The first kappa shape index (κ1) is 18.3. The van der Waals surface area contributed by atoms with Crippen LogP contribution in [0.25, 0.3) is 6.08 Å². The van der Waals surface area contributed by atoms with Crippen LogP contribution in [0.3, 0.4) is 0 Å². The van der Waals surface area contributed by atoms with Crippen molar-refractivity contribution >= 4 is 17.9 Å². The molecule has 1 N–H and O–H groups in total. The van der Waals surface area contributed by atoms with Crippen LogP contribution in [0.4, 0.5) is 0 Å². The summed E-state index contributed by atoms with van der Waals surface area (Å²) >= 11 is 0. The van der Waals surface area contributed by atoms with Crippen molar-refractivity contribution in [2.45, 2.75) is 6.92 Å². The molecule has 0 bridgehead atoms. The molecule has 0 radical (unpaired) electrons. The minimum atomic E-state index is -0.334. The van der Waals surface area contributed by atoms with Crippen LogP contribution in [0.2, 0.25) is 0 Å². The summed E-state index contributed by atoms with van der Waals surface area (Å²) in [6.45, 7) is 1.34. The largest absolute Gasteiger partial charge is 0.493 e. The van der Waals surface area contributed by atoms with Crippen molar-refractivity contribution in [1.29, 1.82) is 0 Å². The van der Waals surface area contributed by atoms with Gasteiger partial charge in [-0.25, -0.2) is 0 Å². The van der Waals surface area contributed by atoms with Gasteiger partial charge in [0.15, 0.2) is 11.5 Å². The molecule has 0 aromatic heterocycles. The van der Waals surface area contributed by atoms with E-state index in [0.29, 0.717) is 22.8 Å². The molecule has 0 spiro atoms. The van der Waals surface area contributed by atoms with Crippen molar-refractivity contribution in [2.24, 2.45) is 0 Å². The molecule has 0 fully saturated rings. The molecule has 0 atom stereocenters. The molecular weight excluding hydrogens is 300 g/mol. The zero-order valence-electron chi connectivity index (χ0n) is 14.2. The average molecular weight is 322 g/mol. The molecule has 1 rings (SSSR count). The number of benzene rings is 1. The lowest BCUT2D eigenvalue weighted by atomic mass is 10.1. The van der Waals surface area contributed by atoms with Gasteiger partial charge in [0.2, 0.25) is 11.7 Å². The molecule has 0 saturated heterocycles. The summed E-state index contributed by atoms with van der Waals surface area (Å²) < 4.78 is 15.8. The van der Waals surface area contributed by atoms with E-state index in [1.807, 2.05) is 0 Å². The molecule has 0 aliphatic carbocycles. The second-order valence-corrected chi connectivity index (χ2v) is 4.90. The number of methoxy groups -OCH3 is 3. The summed E-state index contributed by atoms with van der Waals surface area (Å²) in [6, 6.07) is 3.37. The maximum Gasteiger partial charge on any atom is 0.269 e. The number of carbonyl (C=O) groups is 2. The topological polar surface area (TPSA) is 77.1 Å². The number of nitrogens with zero attached hydrogens (tertiary/aromatic N) is 1. The van der Waals surface area contributed by atoms with Crippen molar-refractivity contribution in [2.75, 3.05) is 35.4 Å². The highest BCUT2D eigenvalue weighted by atomic mass is 16.5. The van der Waals surface area contributed by atoms with Gasteiger partial charge in [0, 0.05) is 21.0 Å². The highest BCUT2D eigenvalue weighted by molar-refractivity contribution is 6.00. The first-order valence-electron chi connectivity index (χ1n) is 6.85. The maximum absolute atomic E-state index is 12.2. The van der Waals surface area contributed by atoms with E-state index in [0.717, 1.165) is 0 Å². The van der Waals surface area contributed by atoms with Gasteiger partial charge in [-0.15, -0.1) is 0 Å². The fourth-order valence-electron chi connectivity index (χ4n) is 1.93. The van der Waals surface area contributed by atoms with Crippen molar-refractivity contribution in [3.05, 3.63) is 23.4 Å². The summed E-state index contributed by atoms with van der Waals surface area (Å²) in [4.78, 5) is 24.9. The van der Waals surface area contributed by atoms with Crippen LogP contribution in [0.1, 0.15) is 12.5 Å². The van der Waals surface area contributed by atoms with Crippen LogP contribution in [0.15, 0.2) is 17.8 Å². The molecule has 7 nitrogen and oxygen atoms in total. The van der Waals surface area contributed by atoms with E-state index in [9.17, 15) is 9.59 Å².